The molecule has 1 amide bonds. The summed E-state index contributed by atoms with van der Waals surface area (Å²) in [5, 5.41) is 4.11. The highest BCUT2D eigenvalue weighted by molar-refractivity contribution is 9.11. The van der Waals surface area contributed by atoms with Crippen LogP contribution in [0.25, 0.3) is 5.69 Å². The molecule has 0 saturated heterocycles. The third-order valence-corrected chi connectivity index (χ3v) is 5.39. The van der Waals surface area contributed by atoms with E-state index in [4.69, 9.17) is 4.74 Å². The summed E-state index contributed by atoms with van der Waals surface area (Å²) < 4.78 is 9.07. The Bertz CT molecular complexity index is 914. The summed E-state index contributed by atoms with van der Waals surface area (Å²) in [6, 6.07) is 13.3. The Balaban J connectivity index is 1.62. The average molecular weight is 494 g/mol. The molecule has 0 saturated carbocycles. The van der Waals surface area contributed by atoms with Crippen LogP contribution in [-0.2, 0) is 4.79 Å². The molecule has 0 N–H and O–H groups in total. The zero-order chi connectivity index (χ0) is 19.4. The number of halogens is 2. The van der Waals surface area contributed by atoms with E-state index in [1.165, 1.54) is 6.33 Å². The molecule has 8 heteroatoms. The van der Waals surface area contributed by atoms with E-state index in [2.05, 4.69) is 41.9 Å². The third-order valence-electron chi connectivity index (χ3n) is 4.28. The minimum atomic E-state index is -0.0994. The Kier molecular flexibility index (Phi) is 6.28. The van der Waals surface area contributed by atoms with Gasteiger partial charge < -0.3 is 9.64 Å². The summed E-state index contributed by atoms with van der Waals surface area (Å²) in [7, 11) is 1.78. The number of rotatable bonds is 6. The van der Waals surface area contributed by atoms with Crippen molar-refractivity contribution in [2.24, 2.45) is 0 Å². The summed E-state index contributed by atoms with van der Waals surface area (Å²) in [6.07, 6.45) is 3.14. The molecule has 1 atom stereocenters. The van der Waals surface area contributed by atoms with Gasteiger partial charge in [-0.2, -0.15) is 5.10 Å². The van der Waals surface area contributed by atoms with Gasteiger partial charge in [-0.15, -0.1) is 0 Å². The van der Waals surface area contributed by atoms with Crippen molar-refractivity contribution in [1.82, 2.24) is 19.7 Å². The van der Waals surface area contributed by atoms with E-state index in [0.717, 1.165) is 20.2 Å². The number of benzene rings is 2. The minimum Gasteiger partial charge on any atom is -0.483 e. The number of aromatic nitrogens is 3. The van der Waals surface area contributed by atoms with E-state index in [1.807, 2.05) is 49.4 Å². The van der Waals surface area contributed by atoms with Crippen molar-refractivity contribution in [2.75, 3.05) is 13.7 Å². The highest BCUT2D eigenvalue weighted by Crippen LogP contribution is 2.28. The lowest BCUT2D eigenvalue weighted by molar-refractivity contribution is -0.134. The van der Waals surface area contributed by atoms with E-state index in [-0.39, 0.29) is 18.6 Å². The predicted octanol–water partition coefficient (Wildman–Crippen LogP) is 4.39. The molecule has 0 bridgehead atoms. The van der Waals surface area contributed by atoms with Crippen LogP contribution in [0.3, 0.4) is 0 Å². The normalized spacial score (nSPS) is 11.9. The molecule has 140 valence electrons. The molecule has 1 aromatic heterocycles. The molecule has 0 radical (unpaired) electrons. The first kappa shape index (κ1) is 19.6. The maximum atomic E-state index is 12.5. The second-order valence-corrected chi connectivity index (χ2v) is 7.75. The van der Waals surface area contributed by atoms with Crippen molar-refractivity contribution in [3.05, 3.63) is 69.6 Å². The fraction of sp³-hybridized carbons (Fsp3) is 0.211. The highest BCUT2D eigenvalue weighted by Gasteiger charge is 2.18. The van der Waals surface area contributed by atoms with Crippen LogP contribution in [0, 0.1) is 0 Å². The predicted molar refractivity (Wildman–Crippen MR) is 110 cm³/mol. The fourth-order valence-corrected chi connectivity index (χ4v) is 3.68. The van der Waals surface area contributed by atoms with Crippen molar-refractivity contribution in [3.8, 4) is 11.4 Å². The smallest absolute Gasteiger partial charge is 0.260 e. The Morgan fingerprint density at radius 3 is 2.59 bits per heavy atom. The number of carbonyl (C=O) groups excluding carboxylic acids is 1. The molecule has 0 spiro atoms. The van der Waals surface area contributed by atoms with Crippen LogP contribution in [0.5, 0.6) is 5.75 Å². The number of amides is 1. The molecular formula is C19H18Br2N4O2. The lowest BCUT2D eigenvalue weighted by Crippen LogP contribution is -2.33. The van der Waals surface area contributed by atoms with Crippen molar-refractivity contribution in [3.63, 3.8) is 0 Å². The Morgan fingerprint density at radius 1 is 1.22 bits per heavy atom. The van der Waals surface area contributed by atoms with E-state index in [9.17, 15) is 4.79 Å². The van der Waals surface area contributed by atoms with Crippen LogP contribution < -0.4 is 4.74 Å². The van der Waals surface area contributed by atoms with Gasteiger partial charge >= 0.3 is 0 Å². The molecule has 0 unspecified atom stereocenters. The quantitative estimate of drug-likeness (QED) is 0.511. The molecule has 0 fully saturated rings. The van der Waals surface area contributed by atoms with Crippen LogP contribution in [0.15, 0.2) is 64.1 Å². The Hall–Kier alpha value is -2.19. The first-order chi connectivity index (χ1) is 13.0. The summed E-state index contributed by atoms with van der Waals surface area (Å²) in [5.74, 6) is 0.530. The van der Waals surface area contributed by atoms with Gasteiger partial charge in [-0.05, 0) is 58.7 Å². The molecule has 0 aliphatic heterocycles. The van der Waals surface area contributed by atoms with Gasteiger partial charge in [-0.1, -0.05) is 28.1 Å². The second kappa shape index (κ2) is 8.67. The Morgan fingerprint density at radius 2 is 1.96 bits per heavy atom. The van der Waals surface area contributed by atoms with E-state index < -0.39 is 0 Å². The van der Waals surface area contributed by atoms with Crippen LogP contribution in [0.2, 0.25) is 0 Å². The molecule has 0 aliphatic carbocycles. The van der Waals surface area contributed by atoms with Crippen molar-refractivity contribution in [2.45, 2.75) is 13.0 Å². The maximum Gasteiger partial charge on any atom is 0.260 e. The summed E-state index contributed by atoms with van der Waals surface area (Å²) in [6.45, 7) is 1.95. The van der Waals surface area contributed by atoms with Gasteiger partial charge in [0.2, 0.25) is 0 Å². The van der Waals surface area contributed by atoms with Crippen molar-refractivity contribution in [1.29, 1.82) is 0 Å². The number of likely N-dealkylation sites (N-methyl/N-ethyl adjacent to an activating group) is 1. The van der Waals surface area contributed by atoms with Crippen LogP contribution >= 0.6 is 31.9 Å². The number of hydrogen-bond donors (Lipinski definition) is 0. The highest BCUT2D eigenvalue weighted by atomic mass is 79.9. The number of hydrogen-bond acceptors (Lipinski definition) is 4. The average Bonchev–Trinajstić information content (AvgIpc) is 3.21. The summed E-state index contributed by atoms with van der Waals surface area (Å²) in [5.41, 5.74) is 1.94. The Labute approximate surface area is 174 Å². The lowest BCUT2D eigenvalue weighted by Gasteiger charge is -2.25. The van der Waals surface area contributed by atoms with Crippen molar-refractivity contribution < 1.29 is 9.53 Å². The summed E-state index contributed by atoms with van der Waals surface area (Å²) in [4.78, 5) is 18.1. The number of carbonyl (C=O) groups is 1. The standard InChI is InChI=1S/C19H18Br2N4O2/c1-13(14-3-6-16(7-4-14)25-12-22-11-23-25)24(2)19(26)10-27-18-8-5-15(20)9-17(18)21/h3-9,11-13H,10H2,1-2H3/t13-/m0/s1. The van der Waals surface area contributed by atoms with Gasteiger partial charge in [0.05, 0.1) is 16.2 Å². The van der Waals surface area contributed by atoms with Gasteiger partial charge in [-0.25, -0.2) is 9.67 Å². The third kappa shape index (κ3) is 4.75. The van der Waals surface area contributed by atoms with Gasteiger partial charge in [0, 0.05) is 11.5 Å². The van der Waals surface area contributed by atoms with E-state index in [1.54, 1.807) is 23.0 Å². The zero-order valence-electron chi connectivity index (χ0n) is 14.8. The zero-order valence-corrected chi connectivity index (χ0v) is 18.0. The van der Waals surface area contributed by atoms with Crippen LogP contribution in [0.4, 0.5) is 0 Å². The topological polar surface area (TPSA) is 60.2 Å². The van der Waals surface area contributed by atoms with Crippen molar-refractivity contribution >= 4 is 37.8 Å². The first-order valence-corrected chi connectivity index (χ1v) is 9.83. The van der Waals surface area contributed by atoms with E-state index in [0.29, 0.717) is 5.75 Å². The second-order valence-electron chi connectivity index (χ2n) is 5.98. The fourth-order valence-electron chi connectivity index (χ4n) is 2.52. The lowest BCUT2D eigenvalue weighted by atomic mass is 10.1. The molecule has 3 aromatic rings. The van der Waals surface area contributed by atoms with Gasteiger partial charge in [0.1, 0.15) is 18.4 Å². The molecule has 2 aromatic carbocycles. The minimum absolute atomic E-state index is 0.0297. The van der Waals surface area contributed by atoms with Crippen LogP contribution in [0.1, 0.15) is 18.5 Å². The first-order valence-electron chi connectivity index (χ1n) is 8.24. The van der Waals surface area contributed by atoms with E-state index >= 15 is 0 Å². The molecule has 0 aliphatic rings. The monoisotopic (exact) mass is 492 g/mol. The van der Waals surface area contributed by atoms with Gasteiger partial charge in [-0.3, -0.25) is 4.79 Å². The number of ether oxygens (including phenoxy) is 1. The largest absolute Gasteiger partial charge is 0.483 e. The molecule has 3 rings (SSSR count). The summed E-state index contributed by atoms with van der Waals surface area (Å²) >= 11 is 6.82. The van der Waals surface area contributed by atoms with Gasteiger partial charge in [0.15, 0.2) is 6.61 Å². The molecule has 1 heterocycles. The molecule has 6 nitrogen and oxygen atoms in total. The van der Waals surface area contributed by atoms with Gasteiger partial charge in [0.25, 0.3) is 5.91 Å². The number of nitrogens with zero attached hydrogens (tertiary/aromatic N) is 4. The molecule has 27 heavy (non-hydrogen) atoms. The maximum absolute atomic E-state index is 12.5. The molecular weight excluding hydrogens is 476 g/mol. The SMILES string of the molecule is C[C@@H](c1ccc(-n2cncn2)cc1)N(C)C(=O)COc1ccc(Br)cc1Br. The van der Waals surface area contributed by atoms with Crippen LogP contribution in [-0.4, -0.2) is 39.2 Å².